The molecule has 0 radical (unpaired) electrons. The molecule has 6 nitrogen and oxygen atoms in total. The number of halogens is 1. The standard InChI is InChI=1S/C15H17ClN4O2/c16-10-3-4-13(22)12(7-10)18-14-8-11(9-1-2-9)19-15(20-14)17-5-6-21/h3-4,7-9,21-22H,1-2,5-6H2,(H2,17,18,19,20). The van der Waals surface area contributed by atoms with Gasteiger partial charge in [0.05, 0.1) is 18.0 Å². The fraction of sp³-hybridized carbons (Fsp3) is 0.333. The van der Waals surface area contributed by atoms with Gasteiger partial charge in [0.1, 0.15) is 11.6 Å². The summed E-state index contributed by atoms with van der Waals surface area (Å²) in [6.07, 6.45) is 2.25. The molecule has 0 bridgehead atoms. The molecule has 116 valence electrons. The lowest BCUT2D eigenvalue weighted by Gasteiger charge is -2.11. The number of hydrogen-bond donors (Lipinski definition) is 4. The SMILES string of the molecule is OCCNc1nc(Nc2cc(Cl)ccc2O)cc(C2CC2)n1. The molecule has 7 heteroatoms. The third-order valence-electron chi connectivity index (χ3n) is 3.36. The van der Waals surface area contributed by atoms with Crippen LogP contribution >= 0.6 is 11.6 Å². The Bertz CT molecular complexity index is 677. The molecule has 1 heterocycles. The maximum Gasteiger partial charge on any atom is 0.224 e. The zero-order chi connectivity index (χ0) is 15.5. The summed E-state index contributed by atoms with van der Waals surface area (Å²) in [5, 5.41) is 25.4. The molecule has 0 atom stereocenters. The van der Waals surface area contributed by atoms with Crippen LogP contribution in [0.3, 0.4) is 0 Å². The molecule has 3 rings (SSSR count). The Morgan fingerprint density at radius 2 is 2.05 bits per heavy atom. The summed E-state index contributed by atoms with van der Waals surface area (Å²) in [6, 6.07) is 6.66. The van der Waals surface area contributed by atoms with Gasteiger partial charge in [-0.05, 0) is 31.0 Å². The van der Waals surface area contributed by atoms with E-state index in [1.165, 1.54) is 6.07 Å². The second kappa shape index (κ2) is 6.37. The van der Waals surface area contributed by atoms with Crippen molar-refractivity contribution in [1.29, 1.82) is 0 Å². The summed E-state index contributed by atoms with van der Waals surface area (Å²) in [6.45, 7) is 0.394. The van der Waals surface area contributed by atoms with Crippen molar-refractivity contribution in [2.24, 2.45) is 0 Å². The van der Waals surface area contributed by atoms with Crippen molar-refractivity contribution in [1.82, 2.24) is 9.97 Å². The van der Waals surface area contributed by atoms with Gasteiger partial charge < -0.3 is 20.8 Å². The van der Waals surface area contributed by atoms with Crippen molar-refractivity contribution in [3.63, 3.8) is 0 Å². The minimum absolute atomic E-state index is 0.00879. The van der Waals surface area contributed by atoms with Gasteiger partial charge in [-0.2, -0.15) is 4.98 Å². The van der Waals surface area contributed by atoms with Crippen LogP contribution in [0.4, 0.5) is 17.5 Å². The van der Waals surface area contributed by atoms with E-state index >= 15 is 0 Å². The molecule has 0 unspecified atom stereocenters. The number of nitrogens with zero attached hydrogens (tertiary/aromatic N) is 2. The van der Waals surface area contributed by atoms with Crippen molar-refractivity contribution >= 4 is 29.1 Å². The fourth-order valence-corrected chi connectivity index (χ4v) is 2.28. The smallest absolute Gasteiger partial charge is 0.224 e. The van der Waals surface area contributed by atoms with Gasteiger partial charge in [-0.1, -0.05) is 11.6 Å². The molecule has 1 aromatic carbocycles. The first-order valence-corrected chi connectivity index (χ1v) is 7.53. The molecular weight excluding hydrogens is 304 g/mol. The summed E-state index contributed by atoms with van der Waals surface area (Å²) in [5.74, 6) is 1.60. The third-order valence-corrected chi connectivity index (χ3v) is 3.59. The fourth-order valence-electron chi connectivity index (χ4n) is 2.11. The molecule has 1 aliphatic rings. The van der Waals surface area contributed by atoms with Crippen LogP contribution in [-0.2, 0) is 0 Å². The van der Waals surface area contributed by atoms with Crippen LogP contribution in [0.1, 0.15) is 24.5 Å². The van der Waals surface area contributed by atoms with Crippen LogP contribution < -0.4 is 10.6 Å². The Hall–Kier alpha value is -2.05. The second-order valence-corrected chi connectivity index (χ2v) is 5.65. The summed E-state index contributed by atoms with van der Waals surface area (Å²) in [5.41, 5.74) is 1.44. The van der Waals surface area contributed by atoms with Gasteiger partial charge in [-0.25, -0.2) is 4.98 Å². The number of aromatic nitrogens is 2. The molecule has 2 aromatic rings. The quantitative estimate of drug-likeness (QED) is 0.612. The van der Waals surface area contributed by atoms with Crippen molar-refractivity contribution in [3.05, 3.63) is 35.0 Å². The normalized spacial score (nSPS) is 13.9. The minimum Gasteiger partial charge on any atom is -0.506 e. The van der Waals surface area contributed by atoms with Crippen LogP contribution in [0, 0.1) is 0 Å². The van der Waals surface area contributed by atoms with E-state index in [2.05, 4.69) is 20.6 Å². The minimum atomic E-state index is 0.00879. The van der Waals surface area contributed by atoms with E-state index in [0.29, 0.717) is 34.9 Å². The number of aliphatic hydroxyl groups excluding tert-OH is 1. The lowest BCUT2D eigenvalue weighted by Crippen LogP contribution is -2.10. The number of aromatic hydroxyl groups is 1. The highest BCUT2D eigenvalue weighted by atomic mass is 35.5. The zero-order valence-corrected chi connectivity index (χ0v) is 12.6. The van der Waals surface area contributed by atoms with Gasteiger partial charge in [0.2, 0.25) is 5.95 Å². The molecule has 22 heavy (non-hydrogen) atoms. The van der Waals surface area contributed by atoms with E-state index in [4.69, 9.17) is 16.7 Å². The Kier molecular flexibility index (Phi) is 4.31. The Balaban J connectivity index is 1.88. The molecule has 1 aromatic heterocycles. The number of benzene rings is 1. The van der Waals surface area contributed by atoms with Crippen LogP contribution in [0.25, 0.3) is 0 Å². The molecule has 0 aliphatic heterocycles. The molecule has 1 saturated carbocycles. The highest BCUT2D eigenvalue weighted by molar-refractivity contribution is 6.30. The molecule has 0 saturated heterocycles. The van der Waals surface area contributed by atoms with Crippen molar-refractivity contribution in [2.75, 3.05) is 23.8 Å². The van der Waals surface area contributed by atoms with E-state index in [-0.39, 0.29) is 12.4 Å². The number of hydrogen-bond acceptors (Lipinski definition) is 6. The maximum absolute atomic E-state index is 9.88. The van der Waals surface area contributed by atoms with Crippen LogP contribution in [0.15, 0.2) is 24.3 Å². The van der Waals surface area contributed by atoms with Gasteiger partial charge in [0.25, 0.3) is 0 Å². The predicted octanol–water partition coefficient (Wildman–Crippen LogP) is 2.86. The topological polar surface area (TPSA) is 90.3 Å². The zero-order valence-electron chi connectivity index (χ0n) is 11.9. The van der Waals surface area contributed by atoms with Crippen LogP contribution in [0.5, 0.6) is 5.75 Å². The largest absolute Gasteiger partial charge is 0.506 e. The van der Waals surface area contributed by atoms with Crippen molar-refractivity contribution in [2.45, 2.75) is 18.8 Å². The monoisotopic (exact) mass is 320 g/mol. The lowest BCUT2D eigenvalue weighted by atomic mass is 10.2. The van der Waals surface area contributed by atoms with E-state index < -0.39 is 0 Å². The number of aliphatic hydroxyl groups is 1. The molecular formula is C15H17ClN4O2. The van der Waals surface area contributed by atoms with Gasteiger partial charge in [-0.3, -0.25) is 0 Å². The first-order chi connectivity index (χ1) is 10.7. The summed E-state index contributed by atoms with van der Waals surface area (Å²) in [7, 11) is 0. The number of nitrogens with one attached hydrogen (secondary N) is 2. The van der Waals surface area contributed by atoms with Gasteiger partial charge in [0.15, 0.2) is 0 Å². The predicted molar refractivity (Wildman–Crippen MR) is 86.0 cm³/mol. The Morgan fingerprint density at radius 1 is 1.23 bits per heavy atom. The molecule has 0 amide bonds. The second-order valence-electron chi connectivity index (χ2n) is 5.21. The number of phenolic OH excluding ortho intramolecular Hbond substituents is 1. The highest BCUT2D eigenvalue weighted by Crippen LogP contribution is 2.40. The Morgan fingerprint density at radius 3 is 2.77 bits per heavy atom. The summed E-state index contributed by atoms with van der Waals surface area (Å²) < 4.78 is 0. The van der Waals surface area contributed by atoms with Crippen LogP contribution in [0.2, 0.25) is 5.02 Å². The van der Waals surface area contributed by atoms with Crippen molar-refractivity contribution < 1.29 is 10.2 Å². The van der Waals surface area contributed by atoms with Gasteiger partial charge in [-0.15, -0.1) is 0 Å². The van der Waals surface area contributed by atoms with Gasteiger partial charge in [0, 0.05) is 23.6 Å². The number of anilines is 3. The highest BCUT2D eigenvalue weighted by Gasteiger charge is 2.26. The maximum atomic E-state index is 9.88. The number of rotatable bonds is 6. The first kappa shape index (κ1) is 14.9. The first-order valence-electron chi connectivity index (χ1n) is 7.15. The van der Waals surface area contributed by atoms with E-state index in [0.717, 1.165) is 18.5 Å². The lowest BCUT2D eigenvalue weighted by molar-refractivity contribution is 0.311. The van der Waals surface area contributed by atoms with Crippen LogP contribution in [-0.4, -0.2) is 33.3 Å². The van der Waals surface area contributed by atoms with E-state index in [1.54, 1.807) is 12.1 Å². The van der Waals surface area contributed by atoms with Crippen molar-refractivity contribution in [3.8, 4) is 5.75 Å². The van der Waals surface area contributed by atoms with E-state index in [9.17, 15) is 5.11 Å². The van der Waals surface area contributed by atoms with E-state index in [1.807, 2.05) is 6.07 Å². The summed E-state index contributed by atoms with van der Waals surface area (Å²) >= 11 is 5.95. The molecule has 1 aliphatic carbocycles. The molecule has 4 N–H and O–H groups in total. The average Bonchev–Trinajstić information content (AvgIpc) is 3.33. The third kappa shape index (κ3) is 3.58. The molecule has 1 fully saturated rings. The average molecular weight is 321 g/mol. The number of phenols is 1. The van der Waals surface area contributed by atoms with Gasteiger partial charge >= 0.3 is 0 Å². The molecule has 0 spiro atoms. The Labute approximate surface area is 133 Å². The summed E-state index contributed by atoms with van der Waals surface area (Å²) in [4.78, 5) is 8.80.